The Balaban J connectivity index is 2.25. The van der Waals surface area contributed by atoms with Crippen molar-refractivity contribution in [2.75, 3.05) is 19.6 Å². The molecule has 0 saturated heterocycles. The summed E-state index contributed by atoms with van der Waals surface area (Å²) < 4.78 is 11.0. The van der Waals surface area contributed by atoms with Gasteiger partial charge in [0.2, 0.25) is 0 Å². The number of carbonyl (C=O) groups excluding carboxylic acids is 2. The Morgan fingerprint density at radius 1 is 1.30 bits per heavy atom. The van der Waals surface area contributed by atoms with Gasteiger partial charge >= 0.3 is 5.97 Å². The molecule has 2 rings (SSSR count). The summed E-state index contributed by atoms with van der Waals surface area (Å²) in [5.41, 5.74) is 1.61. The second-order valence-electron chi connectivity index (χ2n) is 7.28. The standard InChI is InChI=1S/C18H26O4S/c1-18(2,3)23(5,6)22-13-7-8-14-12(10-17(20)21-4)9-16(19)15(14)11-13/h7-8,11-12H,9-10H2,1-6H3. The number of esters is 1. The van der Waals surface area contributed by atoms with Crippen LogP contribution in [-0.2, 0) is 9.53 Å². The topological polar surface area (TPSA) is 52.6 Å². The molecule has 1 aliphatic carbocycles. The molecule has 23 heavy (non-hydrogen) atoms. The van der Waals surface area contributed by atoms with Gasteiger partial charge in [0.25, 0.3) is 0 Å². The number of methoxy groups -OCH3 is 1. The largest absolute Gasteiger partial charge is 0.469 e. The summed E-state index contributed by atoms with van der Waals surface area (Å²) in [5.74, 6) is 0.435. The summed E-state index contributed by atoms with van der Waals surface area (Å²) >= 11 is 0. The van der Waals surface area contributed by atoms with Crippen molar-refractivity contribution in [3.63, 3.8) is 0 Å². The number of benzene rings is 1. The molecule has 1 aromatic carbocycles. The highest BCUT2D eigenvalue weighted by molar-refractivity contribution is 8.30. The molecule has 0 radical (unpaired) electrons. The van der Waals surface area contributed by atoms with Crippen LogP contribution in [0.2, 0.25) is 0 Å². The molecule has 0 aromatic heterocycles. The Labute approximate surface area is 140 Å². The minimum atomic E-state index is -1.31. The Morgan fingerprint density at radius 2 is 1.96 bits per heavy atom. The number of ether oxygens (including phenoxy) is 1. The van der Waals surface area contributed by atoms with Gasteiger partial charge in [-0.2, -0.15) is 0 Å². The molecule has 0 bridgehead atoms. The maximum absolute atomic E-state index is 12.3. The number of Topliss-reactive ketones (excluding diaryl/α,β-unsaturated/α-hetero) is 1. The van der Waals surface area contributed by atoms with E-state index in [1.54, 1.807) is 0 Å². The minimum absolute atomic E-state index is 0.0451. The van der Waals surface area contributed by atoms with Gasteiger partial charge in [-0.1, -0.05) is 16.4 Å². The molecule has 1 atom stereocenters. The van der Waals surface area contributed by atoms with Crippen LogP contribution >= 0.6 is 10.3 Å². The van der Waals surface area contributed by atoms with Crippen LogP contribution in [0.5, 0.6) is 5.75 Å². The molecule has 4 nitrogen and oxygen atoms in total. The highest BCUT2D eigenvalue weighted by Crippen LogP contribution is 2.54. The van der Waals surface area contributed by atoms with Crippen molar-refractivity contribution in [2.45, 2.75) is 44.3 Å². The zero-order chi connectivity index (χ0) is 17.4. The third-order valence-corrected chi connectivity index (χ3v) is 8.18. The lowest BCUT2D eigenvalue weighted by Gasteiger charge is -2.43. The van der Waals surface area contributed by atoms with Gasteiger partial charge in [-0.05, 0) is 51.0 Å². The average Bonchev–Trinajstić information content (AvgIpc) is 2.73. The number of hydrogen-bond donors (Lipinski definition) is 0. The van der Waals surface area contributed by atoms with Gasteiger partial charge in [0.15, 0.2) is 5.78 Å². The van der Waals surface area contributed by atoms with Crippen molar-refractivity contribution in [2.24, 2.45) is 0 Å². The molecule has 0 aliphatic heterocycles. The van der Waals surface area contributed by atoms with Crippen molar-refractivity contribution >= 4 is 22.1 Å². The first-order valence-corrected chi connectivity index (χ1v) is 10.1. The SMILES string of the molecule is COC(=O)CC1CC(=O)c2cc(OS(C)(C)C(C)(C)C)ccc21. The second-order valence-corrected chi connectivity index (χ2v) is 11.1. The third-order valence-electron chi connectivity index (χ3n) is 4.62. The van der Waals surface area contributed by atoms with Crippen molar-refractivity contribution in [1.29, 1.82) is 0 Å². The van der Waals surface area contributed by atoms with Crippen molar-refractivity contribution in [3.8, 4) is 5.75 Å². The van der Waals surface area contributed by atoms with E-state index in [2.05, 4.69) is 33.3 Å². The summed E-state index contributed by atoms with van der Waals surface area (Å²) in [4.78, 5) is 23.8. The zero-order valence-electron chi connectivity index (χ0n) is 14.8. The third kappa shape index (κ3) is 3.71. The molecule has 5 heteroatoms. The number of carbonyl (C=O) groups is 2. The van der Waals surface area contributed by atoms with E-state index in [-0.39, 0.29) is 28.8 Å². The van der Waals surface area contributed by atoms with Crippen molar-refractivity contribution in [1.82, 2.24) is 0 Å². The predicted octanol–water partition coefficient (Wildman–Crippen LogP) is 4.08. The molecule has 0 heterocycles. The smallest absolute Gasteiger partial charge is 0.306 e. The first kappa shape index (κ1) is 17.9. The molecule has 0 amide bonds. The Bertz CT molecular complexity index is 628. The molecule has 0 saturated carbocycles. The summed E-state index contributed by atoms with van der Waals surface area (Å²) in [6.45, 7) is 6.48. The Morgan fingerprint density at radius 3 is 2.52 bits per heavy atom. The molecule has 1 unspecified atom stereocenters. The van der Waals surface area contributed by atoms with Gasteiger partial charge in [-0.3, -0.25) is 9.59 Å². The Hall–Kier alpha value is -1.49. The van der Waals surface area contributed by atoms with E-state index in [0.717, 1.165) is 11.3 Å². The minimum Gasteiger partial charge on any atom is -0.469 e. The maximum Gasteiger partial charge on any atom is 0.306 e. The van der Waals surface area contributed by atoms with E-state index < -0.39 is 10.3 Å². The molecule has 0 fully saturated rings. The molecule has 1 aliphatic rings. The number of hydrogen-bond acceptors (Lipinski definition) is 4. The number of fused-ring (bicyclic) bond motifs is 1. The van der Waals surface area contributed by atoms with Crippen LogP contribution in [0.15, 0.2) is 18.2 Å². The van der Waals surface area contributed by atoms with E-state index >= 15 is 0 Å². The average molecular weight is 338 g/mol. The van der Waals surface area contributed by atoms with Gasteiger partial charge < -0.3 is 8.92 Å². The van der Waals surface area contributed by atoms with E-state index in [4.69, 9.17) is 8.92 Å². The lowest BCUT2D eigenvalue weighted by molar-refractivity contribution is -0.141. The maximum atomic E-state index is 12.3. The normalized spacial score (nSPS) is 18.5. The fourth-order valence-corrected chi connectivity index (χ4v) is 3.30. The molecule has 128 valence electrons. The fourth-order valence-electron chi connectivity index (χ4n) is 2.46. The first-order valence-electron chi connectivity index (χ1n) is 7.71. The van der Waals surface area contributed by atoms with Crippen LogP contribution < -0.4 is 4.18 Å². The van der Waals surface area contributed by atoms with Crippen LogP contribution in [0.3, 0.4) is 0 Å². The van der Waals surface area contributed by atoms with Crippen LogP contribution in [0.25, 0.3) is 0 Å². The van der Waals surface area contributed by atoms with Crippen molar-refractivity contribution < 1.29 is 18.5 Å². The lowest BCUT2D eigenvalue weighted by atomic mass is 9.98. The van der Waals surface area contributed by atoms with Crippen LogP contribution in [-0.4, -0.2) is 36.1 Å². The van der Waals surface area contributed by atoms with E-state index in [0.29, 0.717) is 12.0 Å². The van der Waals surface area contributed by atoms with Crippen LogP contribution in [0, 0.1) is 0 Å². The van der Waals surface area contributed by atoms with Gasteiger partial charge in [0.05, 0.1) is 13.5 Å². The molecule has 1 aromatic rings. The number of ketones is 1. The fraction of sp³-hybridized carbons (Fsp3) is 0.556. The van der Waals surface area contributed by atoms with Crippen LogP contribution in [0.4, 0.5) is 0 Å². The summed E-state index contributed by atoms with van der Waals surface area (Å²) in [6, 6.07) is 5.65. The highest BCUT2D eigenvalue weighted by Gasteiger charge is 2.33. The molecular weight excluding hydrogens is 312 g/mol. The Kier molecular flexibility index (Phi) is 4.81. The van der Waals surface area contributed by atoms with Crippen LogP contribution in [0.1, 0.15) is 55.5 Å². The quantitative estimate of drug-likeness (QED) is 0.776. The van der Waals surface area contributed by atoms with E-state index in [1.807, 2.05) is 18.2 Å². The van der Waals surface area contributed by atoms with E-state index in [1.165, 1.54) is 7.11 Å². The van der Waals surface area contributed by atoms with Crippen molar-refractivity contribution in [3.05, 3.63) is 29.3 Å². The van der Waals surface area contributed by atoms with E-state index in [9.17, 15) is 9.59 Å². The van der Waals surface area contributed by atoms with Gasteiger partial charge in [-0.15, -0.1) is 0 Å². The molecule has 0 spiro atoms. The zero-order valence-corrected chi connectivity index (χ0v) is 15.6. The summed E-state index contributed by atoms with van der Waals surface area (Å²) in [7, 11) is 0.0618. The lowest BCUT2D eigenvalue weighted by Crippen LogP contribution is -2.27. The van der Waals surface area contributed by atoms with Gasteiger partial charge in [-0.25, -0.2) is 0 Å². The molecular formula is C18H26O4S. The molecule has 0 N–H and O–H groups in total. The monoisotopic (exact) mass is 338 g/mol. The highest BCUT2D eigenvalue weighted by atomic mass is 32.3. The summed E-state index contributed by atoms with van der Waals surface area (Å²) in [6.07, 6.45) is 4.86. The van der Waals surface area contributed by atoms with Gasteiger partial charge in [0, 0.05) is 22.6 Å². The number of rotatable bonds is 4. The van der Waals surface area contributed by atoms with Gasteiger partial charge in [0.1, 0.15) is 5.75 Å². The first-order chi connectivity index (χ1) is 10.5. The summed E-state index contributed by atoms with van der Waals surface area (Å²) in [5, 5.41) is 0. The second kappa shape index (κ2) is 6.19. The predicted molar refractivity (Wildman–Crippen MR) is 94.6 cm³/mol.